The van der Waals surface area contributed by atoms with Crippen LogP contribution < -0.4 is 5.32 Å². The molecule has 0 aromatic carbocycles. The molecule has 2 N–H and O–H groups in total. The van der Waals surface area contributed by atoms with Crippen LogP contribution in [0.2, 0.25) is 5.15 Å². The zero-order chi connectivity index (χ0) is 8.27. The van der Waals surface area contributed by atoms with E-state index in [-0.39, 0.29) is 0 Å². The zero-order valence-electron chi connectivity index (χ0n) is 6.69. The van der Waals surface area contributed by atoms with Gasteiger partial charge in [0.25, 0.3) is 0 Å². The third-order valence-electron chi connectivity index (χ3n) is 1.62. The fraction of sp³-hybridized carbons (Fsp3) is 0.571. The molecule has 0 spiro atoms. The first-order chi connectivity index (χ1) is 5.22. The maximum absolute atomic E-state index is 5.62. The van der Waals surface area contributed by atoms with E-state index in [1.54, 1.807) is 0 Å². The standard InChI is InChI=1S/C7H12ClN3/c1-5(9-2)3-6-4-7(8)11-10-6/h4-5,9H,3H2,1-2H3,(H,10,11). The molecule has 4 heteroatoms. The fourth-order valence-corrected chi connectivity index (χ4v) is 1.04. The van der Waals surface area contributed by atoms with Gasteiger partial charge >= 0.3 is 0 Å². The molecule has 62 valence electrons. The van der Waals surface area contributed by atoms with Gasteiger partial charge in [-0.1, -0.05) is 11.6 Å². The summed E-state index contributed by atoms with van der Waals surface area (Å²) in [5.74, 6) is 0. The van der Waals surface area contributed by atoms with Crippen molar-refractivity contribution in [2.75, 3.05) is 7.05 Å². The van der Waals surface area contributed by atoms with Gasteiger partial charge in [-0.25, -0.2) is 0 Å². The van der Waals surface area contributed by atoms with Crippen molar-refractivity contribution in [3.63, 3.8) is 0 Å². The number of hydrogen-bond donors (Lipinski definition) is 2. The molecule has 11 heavy (non-hydrogen) atoms. The number of H-pyrrole nitrogens is 1. The molecule has 1 unspecified atom stereocenters. The molecule has 3 nitrogen and oxygen atoms in total. The summed E-state index contributed by atoms with van der Waals surface area (Å²) in [6, 6.07) is 2.29. The van der Waals surface area contributed by atoms with Gasteiger partial charge in [0.2, 0.25) is 0 Å². The van der Waals surface area contributed by atoms with Crippen LogP contribution in [-0.4, -0.2) is 23.3 Å². The Morgan fingerprint density at radius 2 is 2.55 bits per heavy atom. The van der Waals surface area contributed by atoms with Crippen molar-refractivity contribution in [3.8, 4) is 0 Å². The van der Waals surface area contributed by atoms with E-state index in [1.165, 1.54) is 0 Å². The van der Waals surface area contributed by atoms with Gasteiger partial charge in [0.1, 0.15) is 0 Å². The lowest BCUT2D eigenvalue weighted by atomic mass is 10.2. The normalized spacial score (nSPS) is 13.4. The van der Waals surface area contributed by atoms with E-state index in [0.29, 0.717) is 11.2 Å². The van der Waals surface area contributed by atoms with Gasteiger partial charge < -0.3 is 5.32 Å². The van der Waals surface area contributed by atoms with Crippen molar-refractivity contribution in [1.29, 1.82) is 0 Å². The summed E-state index contributed by atoms with van der Waals surface area (Å²) in [7, 11) is 1.93. The number of nitrogens with zero attached hydrogens (tertiary/aromatic N) is 1. The molecule has 1 heterocycles. The summed E-state index contributed by atoms with van der Waals surface area (Å²) < 4.78 is 0. The Bertz CT molecular complexity index is 221. The average molecular weight is 174 g/mol. The first-order valence-electron chi connectivity index (χ1n) is 3.59. The maximum atomic E-state index is 5.62. The molecule has 1 atom stereocenters. The van der Waals surface area contributed by atoms with E-state index in [0.717, 1.165) is 12.1 Å². The highest BCUT2D eigenvalue weighted by molar-refractivity contribution is 6.29. The molecule has 1 aromatic rings. The number of hydrogen-bond acceptors (Lipinski definition) is 2. The van der Waals surface area contributed by atoms with Crippen molar-refractivity contribution >= 4 is 11.6 Å². The maximum Gasteiger partial charge on any atom is 0.151 e. The molecule has 0 radical (unpaired) electrons. The van der Waals surface area contributed by atoms with E-state index in [1.807, 2.05) is 13.1 Å². The second-order valence-electron chi connectivity index (χ2n) is 2.61. The van der Waals surface area contributed by atoms with Gasteiger partial charge in [0, 0.05) is 18.2 Å². The summed E-state index contributed by atoms with van der Waals surface area (Å²) in [5, 5.41) is 10.3. The van der Waals surface area contributed by atoms with Crippen LogP contribution in [-0.2, 0) is 6.42 Å². The zero-order valence-corrected chi connectivity index (χ0v) is 7.44. The number of aromatic amines is 1. The van der Waals surface area contributed by atoms with Crippen LogP contribution in [0.15, 0.2) is 6.07 Å². The van der Waals surface area contributed by atoms with Crippen molar-refractivity contribution < 1.29 is 0 Å². The second kappa shape index (κ2) is 3.74. The van der Waals surface area contributed by atoms with Crippen LogP contribution >= 0.6 is 11.6 Å². The molecule has 1 aromatic heterocycles. The molecule has 0 aliphatic carbocycles. The number of aromatic nitrogens is 2. The minimum Gasteiger partial charge on any atom is -0.317 e. The van der Waals surface area contributed by atoms with E-state index >= 15 is 0 Å². The molecular weight excluding hydrogens is 162 g/mol. The van der Waals surface area contributed by atoms with E-state index in [4.69, 9.17) is 11.6 Å². The minimum atomic E-state index is 0.450. The van der Waals surface area contributed by atoms with Crippen LogP contribution in [0.1, 0.15) is 12.6 Å². The Hall–Kier alpha value is -0.540. The second-order valence-corrected chi connectivity index (χ2v) is 3.00. The molecule has 1 rings (SSSR count). The lowest BCUT2D eigenvalue weighted by molar-refractivity contribution is 0.600. The SMILES string of the molecule is CNC(C)Cc1cc(Cl)n[nH]1. The minimum absolute atomic E-state index is 0.450. The lowest BCUT2D eigenvalue weighted by Crippen LogP contribution is -2.23. The molecule has 0 saturated heterocycles. The van der Waals surface area contributed by atoms with Gasteiger partial charge in [-0.2, -0.15) is 5.10 Å². The average Bonchev–Trinajstić information content (AvgIpc) is 2.35. The third kappa shape index (κ3) is 2.52. The predicted molar refractivity (Wildman–Crippen MR) is 45.8 cm³/mol. The Morgan fingerprint density at radius 1 is 1.82 bits per heavy atom. The fourth-order valence-electron chi connectivity index (χ4n) is 0.870. The molecule has 0 aliphatic rings. The Labute approximate surface area is 71.1 Å². The van der Waals surface area contributed by atoms with Gasteiger partial charge in [-0.15, -0.1) is 0 Å². The van der Waals surface area contributed by atoms with Crippen molar-refractivity contribution in [3.05, 3.63) is 16.9 Å². The van der Waals surface area contributed by atoms with E-state index < -0.39 is 0 Å². The summed E-state index contributed by atoms with van der Waals surface area (Å²) in [4.78, 5) is 0. The van der Waals surface area contributed by atoms with Crippen LogP contribution in [0.5, 0.6) is 0 Å². The molecule has 0 aliphatic heterocycles. The molecule has 0 amide bonds. The quantitative estimate of drug-likeness (QED) is 0.722. The number of halogens is 1. The monoisotopic (exact) mass is 173 g/mol. The summed E-state index contributed by atoms with van der Waals surface area (Å²) >= 11 is 5.62. The van der Waals surface area contributed by atoms with Crippen molar-refractivity contribution in [2.24, 2.45) is 0 Å². The third-order valence-corrected chi connectivity index (χ3v) is 1.81. The predicted octanol–water partition coefficient (Wildman–Crippen LogP) is 1.21. The highest BCUT2D eigenvalue weighted by atomic mass is 35.5. The Balaban J connectivity index is 2.50. The van der Waals surface area contributed by atoms with Gasteiger partial charge in [0.15, 0.2) is 5.15 Å². The van der Waals surface area contributed by atoms with Crippen LogP contribution in [0, 0.1) is 0 Å². The lowest BCUT2D eigenvalue weighted by Gasteiger charge is -2.06. The van der Waals surface area contributed by atoms with Crippen LogP contribution in [0.25, 0.3) is 0 Å². The summed E-state index contributed by atoms with van der Waals surface area (Å²) in [6.45, 7) is 2.11. The molecular formula is C7H12ClN3. The van der Waals surface area contributed by atoms with E-state index in [2.05, 4.69) is 22.4 Å². The Morgan fingerprint density at radius 3 is 3.00 bits per heavy atom. The molecule has 0 saturated carbocycles. The molecule has 0 fully saturated rings. The van der Waals surface area contributed by atoms with Crippen molar-refractivity contribution in [1.82, 2.24) is 15.5 Å². The van der Waals surface area contributed by atoms with Gasteiger partial charge in [-0.05, 0) is 20.0 Å². The first-order valence-corrected chi connectivity index (χ1v) is 3.97. The number of nitrogens with one attached hydrogen (secondary N) is 2. The van der Waals surface area contributed by atoms with Crippen molar-refractivity contribution in [2.45, 2.75) is 19.4 Å². The number of rotatable bonds is 3. The topological polar surface area (TPSA) is 40.7 Å². The highest BCUT2D eigenvalue weighted by Gasteiger charge is 2.02. The van der Waals surface area contributed by atoms with Gasteiger partial charge in [-0.3, -0.25) is 5.10 Å². The highest BCUT2D eigenvalue weighted by Crippen LogP contribution is 2.06. The van der Waals surface area contributed by atoms with Gasteiger partial charge in [0.05, 0.1) is 0 Å². The van der Waals surface area contributed by atoms with E-state index in [9.17, 15) is 0 Å². The summed E-state index contributed by atoms with van der Waals surface area (Å²) in [5.41, 5.74) is 1.07. The van der Waals surface area contributed by atoms with Crippen LogP contribution in [0.3, 0.4) is 0 Å². The summed E-state index contributed by atoms with van der Waals surface area (Å²) in [6.07, 6.45) is 0.927. The van der Waals surface area contributed by atoms with Crippen LogP contribution in [0.4, 0.5) is 0 Å². The largest absolute Gasteiger partial charge is 0.317 e. The Kier molecular flexibility index (Phi) is 2.91. The first kappa shape index (κ1) is 8.56. The number of likely N-dealkylation sites (N-methyl/N-ethyl adjacent to an activating group) is 1. The molecule has 0 bridgehead atoms. The smallest absolute Gasteiger partial charge is 0.151 e.